The van der Waals surface area contributed by atoms with Gasteiger partial charge in [0.15, 0.2) is 10.9 Å². The van der Waals surface area contributed by atoms with Crippen LogP contribution in [0.3, 0.4) is 0 Å². The fourth-order valence-corrected chi connectivity index (χ4v) is 5.09. The van der Waals surface area contributed by atoms with Gasteiger partial charge in [-0.1, -0.05) is 22.7 Å². The Bertz CT molecular complexity index is 1110. The molecule has 31 heavy (non-hydrogen) atoms. The number of thiazole rings is 1. The standard InChI is InChI=1S/C19H18F2N4O4S2/c20-12-10-13(21)17-15(11-12)31-19(22-17)24(5-1-4-23-6-8-29-9-7-23)18(26)14-2-3-16(30-14)25(27)28/h2-3,10-11H,1,4-9H2. The van der Waals surface area contributed by atoms with Gasteiger partial charge >= 0.3 is 5.00 Å². The Kier molecular flexibility index (Phi) is 6.51. The van der Waals surface area contributed by atoms with Gasteiger partial charge in [0.1, 0.15) is 11.3 Å². The Morgan fingerprint density at radius 3 is 2.74 bits per heavy atom. The highest BCUT2D eigenvalue weighted by molar-refractivity contribution is 7.22. The minimum Gasteiger partial charge on any atom is -0.379 e. The van der Waals surface area contributed by atoms with Crippen LogP contribution in [0.5, 0.6) is 0 Å². The fourth-order valence-electron chi connectivity index (χ4n) is 3.30. The molecule has 1 saturated heterocycles. The fraction of sp³-hybridized carbons (Fsp3) is 0.368. The molecule has 3 heterocycles. The van der Waals surface area contributed by atoms with Gasteiger partial charge in [-0.05, 0) is 18.6 Å². The topological polar surface area (TPSA) is 88.8 Å². The molecule has 0 spiro atoms. The third kappa shape index (κ3) is 4.87. The van der Waals surface area contributed by atoms with Gasteiger partial charge in [0.25, 0.3) is 5.91 Å². The molecular weight excluding hydrogens is 450 g/mol. The van der Waals surface area contributed by atoms with Crippen LogP contribution in [0, 0.1) is 21.7 Å². The van der Waals surface area contributed by atoms with Crippen LogP contribution in [-0.2, 0) is 4.74 Å². The Hall–Kier alpha value is -2.54. The molecule has 0 radical (unpaired) electrons. The van der Waals surface area contributed by atoms with Crippen LogP contribution >= 0.6 is 22.7 Å². The number of hydrogen-bond acceptors (Lipinski definition) is 8. The van der Waals surface area contributed by atoms with E-state index in [0.717, 1.165) is 48.4 Å². The van der Waals surface area contributed by atoms with Crippen LogP contribution in [0.15, 0.2) is 24.3 Å². The number of nitrogens with zero attached hydrogens (tertiary/aromatic N) is 4. The van der Waals surface area contributed by atoms with E-state index >= 15 is 0 Å². The highest BCUT2D eigenvalue weighted by Gasteiger charge is 2.25. The van der Waals surface area contributed by atoms with Gasteiger partial charge in [-0.2, -0.15) is 0 Å². The number of benzene rings is 1. The lowest BCUT2D eigenvalue weighted by molar-refractivity contribution is -0.380. The average Bonchev–Trinajstić information content (AvgIpc) is 3.39. The van der Waals surface area contributed by atoms with E-state index in [2.05, 4.69) is 9.88 Å². The summed E-state index contributed by atoms with van der Waals surface area (Å²) in [5.74, 6) is -1.98. The lowest BCUT2D eigenvalue weighted by Crippen LogP contribution is -2.39. The molecule has 0 N–H and O–H groups in total. The second-order valence-corrected chi connectivity index (χ2v) is 8.96. The maximum atomic E-state index is 14.1. The van der Waals surface area contributed by atoms with Gasteiger partial charge < -0.3 is 4.74 Å². The van der Waals surface area contributed by atoms with E-state index in [-0.39, 0.29) is 31.8 Å². The van der Waals surface area contributed by atoms with E-state index in [1.807, 2.05) is 0 Å². The third-order valence-electron chi connectivity index (χ3n) is 4.82. The summed E-state index contributed by atoms with van der Waals surface area (Å²) in [5.41, 5.74) is -0.00969. The number of anilines is 1. The van der Waals surface area contributed by atoms with Crippen LogP contribution < -0.4 is 4.90 Å². The van der Waals surface area contributed by atoms with Gasteiger partial charge in [-0.15, -0.1) is 0 Å². The number of carbonyl (C=O) groups excluding carboxylic acids is 1. The maximum Gasteiger partial charge on any atom is 0.324 e. The molecule has 1 amide bonds. The quantitative estimate of drug-likeness (QED) is 0.386. The van der Waals surface area contributed by atoms with Crippen LogP contribution in [0.1, 0.15) is 16.1 Å². The van der Waals surface area contributed by atoms with Crippen molar-refractivity contribution in [3.63, 3.8) is 0 Å². The monoisotopic (exact) mass is 468 g/mol. The first kappa shape index (κ1) is 21.7. The van der Waals surface area contributed by atoms with Gasteiger partial charge in [-0.3, -0.25) is 24.7 Å². The second-order valence-electron chi connectivity index (χ2n) is 6.89. The third-order valence-corrected chi connectivity index (χ3v) is 6.87. The van der Waals surface area contributed by atoms with Gasteiger partial charge in [0, 0.05) is 38.3 Å². The van der Waals surface area contributed by atoms with Crippen LogP contribution in [0.2, 0.25) is 0 Å². The maximum absolute atomic E-state index is 14.1. The summed E-state index contributed by atoms with van der Waals surface area (Å²) in [6.07, 6.45) is 0.617. The zero-order valence-corrected chi connectivity index (χ0v) is 17.9. The molecular formula is C19H18F2N4O4S2. The molecule has 1 aliphatic heterocycles. The van der Waals surface area contributed by atoms with Gasteiger partial charge in [0.05, 0.1) is 27.7 Å². The Morgan fingerprint density at radius 2 is 2.03 bits per heavy atom. The Labute approximate surface area is 183 Å². The minimum absolute atomic E-state index is 0.00969. The normalized spacial score (nSPS) is 14.8. The molecule has 0 saturated carbocycles. The second kappa shape index (κ2) is 9.30. The molecule has 1 aliphatic rings. The van der Waals surface area contributed by atoms with Crippen molar-refractivity contribution in [1.29, 1.82) is 0 Å². The largest absolute Gasteiger partial charge is 0.379 e. The highest BCUT2D eigenvalue weighted by atomic mass is 32.1. The average molecular weight is 469 g/mol. The summed E-state index contributed by atoms with van der Waals surface area (Å²) in [4.78, 5) is 31.6. The van der Waals surface area contributed by atoms with Gasteiger partial charge in [-0.25, -0.2) is 13.8 Å². The Morgan fingerprint density at radius 1 is 1.26 bits per heavy atom. The molecule has 1 fully saturated rings. The zero-order valence-electron chi connectivity index (χ0n) is 16.3. The van der Waals surface area contributed by atoms with Gasteiger partial charge in [0.2, 0.25) is 0 Å². The molecule has 164 valence electrons. The highest BCUT2D eigenvalue weighted by Crippen LogP contribution is 2.33. The number of fused-ring (bicyclic) bond motifs is 1. The summed E-state index contributed by atoms with van der Waals surface area (Å²) in [7, 11) is 0. The van der Waals surface area contributed by atoms with E-state index in [9.17, 15) is 23.7 Å². The van der Waals surface area contributed by atoms with Crippen molar-refractivity contribution in [2.75, 3.05) is 44.3 Å². The lowest BCUT2D eigenvalue weighted by Gasteiger charge is -2.27. The van der Waals surface area contributed by atoms with Crippen molar-refractivity contribution < 1.29 is 23.2 Å². The van der Waals surface area contributed by atoms with Crippen LogP contribution in [0.25, 0.3) is 10.2 Å². The van der Waals surface area contributed by atoms with Crippen molar-refractivity contribution in [3.05, 3.63) is 50.9 Å². The summed E-state index contributed by atoms with van der Waals surface area (Å²) in [5, 5.41) is 11.1. The molecule has 4 rings (SSSR count). The number of thiophene rings is 1. The first-order chi connectivity index (χ1) is 14.9. The van der Waals surface area contributed by atoms with Crippen molar-refractivity contribution in [2.24, 2.45) is 0 Å². The van der Waals surface area contributed by atoms with Crippen molar-refractivity contribution in [1.82, 2.24) is 9.88 Å². The first-order valence-electron chi connectivity index (χ1n) is 9.54. The number of morpholine rings is 1. The number of carbonyl (C=O) groups is 1. The molecule has 0 aliphatic carbocycles. The van der Waals surface area contributed by atoms with Crippen molar-refractivity contribution in [2.45, 2.75) is 6.42 Å². The van der Waals surface area contributed by atoms with E-state index < -0.39 is 22.5 Å². The molecule has 12 heteroatoms. The molecule has 8 nitrogen and oxygen atoms in total. The minimum atomic E-state index is -0.801. The smallest absolute Gasteiger partial charge is 0.324 e. The number of nitro groups is 1. The molecule has 0 atom stereocenters. The van der Waals surface area contributed by atoms with Crippen LogP contribution in [-0.4, -0.2) is 60.1 Å². The predicted octanol–water partition coefficient (Wildman–Crippen LogP) is 3.91. The molecule has 0 unspecified atom stereocenters. The van der Waals surface area contributed by atoms with Crippen molar-refractivity contribution >= 4 is 48.9 Å². The molecule has 3 aromatic rings. The first-order valence-corrected chi connectivity index (χ1v) is 11.2. The van der Waals surface area contributed by atoms with E-state index in [4.69, 9.17) is 4.74 Å². The zero-order chi connectivity index (χ0) is 22.0. The van der Waals surface area contributed by atoms with E-state index in [1.165, 1.54) is 23.1 Å². The number of hydrogen-bond donors (Lipinski definition) is 0. The number of rotatable bonds is 7. The molecule has 2 aromatic heterocycles. The lowest BCUT2D eigenvalue weighted by atomic mass is 10.3. The van der Waals surface area contributed by atoms with E-state index in [1.54, 1.807) is 0 Å². The molecule has 1 aromatic carbocycles. The predicted molar refractivity (Wildman–Crippen MR) is 114 cm³/mol. The SMILES string of the molecule is O=C(c1ccc([N+](=O)[O-])s1)N(CCCN1CCOCC1)c1nc2c(F)cc(F)cc2s1. The Balaban J connectivity index is 1.60. The summed E-state index contributed by atoms with van der Waals surface area (Å²) < 4.78 is 33.4. The number of amides is 1. The van der Waals surface area contributed by atoms with E-state index in [0.29, 0.717) is 19.6 Å². The summed E-state index contributed by atoms with van der Waals surface area (Å²) in [6, 6.07) is 4.59. The number of halogens is 2. The number of ether oxygens (including phenoxy) is 1. The summed E-state index contributed by atoms with van der Waals surface area (Å²) >= 11 is 1.78. The number of aromatic nitrogens is 1. The summed E-state index contributed by atoms with van der Waals surface area (Å²) in [6.45, 7) is 3.93. The van der Waals surface area contributed by atoms with Crippen molar-refractivity contribution in [3.8, 4) is 0 Å². The molecule has 0 bridgehead atoms. The van der Waals surface area contributed by atoms with Crippen LogP contribution in [0.4, 0.5) is 18.9 Å².